The highest BCUT2D eigenvalue weighted by Gasteiger charge is 2.37. The lowest BCUT2D eigenvalue weighted by Crippen LogP contribution is -2.39. The molecule has 0 radical (unpaired) electrons. The summed E-state index contributed by atoms with van der Waals surface area (Å²) in [5.41, 5.74) is 10.1. The molecule has 2 aliphatic heterocycles. The van der Waals surface area contributed by atoms with Gasteiger partial charge >= 0.3 is 6.18 Å². The van der Waals surface area contributed by atoms with Crippen molar-refractivity contribution in [1.82, 2.24) is 4.90 Å². The Kier molecular flexibility index (Phi) is 7.18. The van der Waals surface area contributed by atoms with Crippen molar-refractivity contribution in [3.05, 3.63) is 82.7 Å². The van der Waals surface area contributed by atoms with Gasteiger partial charge in [-0.05, 0) is 54.9 Å². The van der Waals surface area contributed by atoms with Crippen molar-refractivity contribution < 1.29 is 32.2 Å². The average Bonchev–Trinajstić information content (AvgIpc) is 2.88. The number of likely N-dealkylation sites (tertiary alicyclic amines) is 1. The lowest BCUT2D eigenvalue weighted by atomic mass is 9.85. The summed E-state index contributed by atoms with van der Waals surface area (Å²) in [6, 6.07) is 3.32. The number of allylic oxidation sites excluding steroid dienone is 4. The Morgan fingerprint density at radius 3 is 2.50 bits per heavy atom. The summed E-state index contributed by atoms with van der Waals surface area (Å²) in [7, 11) is 0. The van der Waals surface area contributed by atoms with Gasteiger partial charge in [0.2, 0.25) is 5.76 Å². The van der Waals surface area contributed by atoms with Crippen LogP contribution in [0.25, 0.3) is 0 Å². The first kappa shape index (κ1) is 25.1. The normalized spacial score (nSPS) is 18.3. The fraction of sp³-hybridized carbons (Fsp3) is 0.320. The van der Waals surface area contributed by atoms with Crippen LogP contribution in [-0.4, -0.2) is 35.8 Å². The van der Waals surface area contributed by atoms with E-state index in [1.54, 1.807) is 0 Å². The van der Waals surface area contributed by atoms with E-state index >= 15 is 0 Å². The van der Waals surface area contributed by atoms with Crippen LogP contribution < -0.4 is 11.5 Å². The Morgan fingerprint density at radius 1 is 1.11 bits per heavy atom. The van der Waals surface area contributed by atoms with E-state index in [2.05, 4.69) is 4.99 Å². The summed E-state index contributed by atoms with van der Waals surface area (Å²) in [5, 5.41) is 0. The number of piperidine rings is 1. The van der Waals surface area contributed by atoms with Crippen molar-refractivity contribution in [2.24, 2.45) is 16.5 Å². The minimum absolute atomic E-state index is 0.0278. The molecule has 11 heteroatoms. The van der Waals surface area contributed by atoms with Crippen LogP contribution in [0, 0.1) is 0 Å². The molecule has 2 heterocycles. The Balaban J connectivity index is 1.44. The highest BCUT2D eigenvalue weighted by molar-refractivity contribution is 6.02. The van der Waals surface area contributed by atoms with Crippen LogP contribution in [0.5, 0.6) is 0 Å². The fourth-order valence-corrected chi connectivity index (χ4v) is 4.39. The number of carbonyl (C=O) groups excluding carboxylic acids is 2. The number of nitrogens with zero attached hydrogens (tertiary/aromatic N) is 2. The van der Waals surface area contributed by atoms with Gasteiger partial charge in [-0.1, -0.05) is 24.3 Å². The number of hydrogen-bond donors (Lipinski definition) is 2. The number of aliphatic imine (C=N–C) groups is 1. The second kappa shape index (κ2) is 10.3. The van der Waals surface area contributed by atoms with Crippen LogP contribution in [0.3, 0.4) is 0 Å². The van der Waals surface area contributed by atoms with Crippen LogP contribution in [-0.2, 0) is 20.4 Å². The standard InChI is InChI=1S/C25H25F3N4O4/c26-25(27,28)19-12-17(22(33)31-24(29)30)6-7-18(19)15-8-10-32(11-9-15)23(34)21-14-35-13-20(36-21)16-4-2-1-3-5-16/h1-2,4,6-7,12-15H,3,5,8-11H2,(H4,29,30,31,33). The summed E-state index contributed by atoms with van der Waals surface area (Å²) >= 11 is 0. The smallest absolute Gasteiger partial charge is 0.416 e. The Hall–Kier alpha value is -4.02. The molecule has 0 spiro atoms. The highest BCUT2D eigenvalue weighted by Crippen LogP contribution is 2.40. The van der Waals surface area contributed by atoms with Crippen molar-refractivity contribution in [2.75, 3.05) is 13.1 Å². The number of carbonyl (C=O) groups is 2. The van der Waals surface area contributed by atoms with Gasteiger partial charge in [-0.3, -0.25) is 9.59 Å². The second-order valence-corrected chi connectivity index (χ2v) is 8.57. The van der Waals surface area contributed by atoms with Gasteiger partial charge in [0.25, 0.3) is 11.8 Å². The minimum atomic E-state index is -4.68. The van der Waals surface area contributed by atoms with Gasteiger partial charge in [0, 0.05) is 18.7 Å². The average molecular weight is 502 g/mol. The van der Waals surface area contributed by atoms with E-state index in [0.29, 0.717) is 18.6 Å². The number of amides is 2. The highest BCUT2D eigenvalue weighted by atomic mass is 19.4. The molecule has 8 nitrogen and oxygen atoms in total. The molecule has 0 atom stereocenters. The van der Waals surface area contributed by atoms with E-state index < -0.39 is 29.5 Å². The number of ether oxygens (including phenoxy) is 2. The molecular formula is C25H25F3N4O4. The van der Waals surface area contributed by atoms with Gasteiger partial charge in [0.05, 0.1) is 5.56 Å². The Bertz CT molecular complexity index is 1200. The van der Waals surface area contributed by atoms with Gasteiger partial charge < -0.3 is 25.8 Å². The first-order valence-corrected chi connectivity index (χ1v) is 11.4. The van der Waals surface area contributed by atoms with Crippen LogP contribution in [0.1, 0.15) is 53.1 Å². The van der Waals surface area contributed by atoms with Gasteiger partial charge in [0.15, 0.2) is 11.7 Å². The lowest BCUT2D eigenvalue weighted by Gasteiger charge is -2.34. The van der Waals surface area contributed by atoms with E-state index in [9.17, 15) is 22.8 Å². The third-order valence-corrected chi connectivity index (χ3v) is 6.17. The summed E-state index contributed by atoms with van der Waals surface area (Å²) < 4.78 is 52.6. The fourth-order valence-electron chi connectivity index (χ4n) is 4.39. The van der Waals surface area contributed by atoms with E-state index in [1.165, 1.54) is 29.6 Å². The summed E-state index contributed by atoms with van der Waals surface area (Å²) in [4.78, 5) is 29.9. The summed E-state index contributed by atoms with van der Waals surface area (Å²) in [6.45, 7) is 0.474. The number of alkyl halides is 3. The number of nitrogens with two attached hydrogens (primary N) is 2. The van der Waals surface area contributed by atoms with Gasteiger partial charge in [0.1, 0.15) is 12.5 Å². The van der Waals surface area contributed by atoms with Crippen LogP contribution >= 0.6 is 0 Å². The minimum Gasteiger partial charge on any atom is -0.465 e. The quantitative estimate of drug-likeness (QED) is 0.477. The zero-order valence-corrected chi connectivity index (χ0v) is 19.3. The number of guanidine groups is 1. The topological polar surface area (TPSA) is 120 Å². The molecule has 1 aliphatic carbocycles. The van der Waals surface area contributed by atoms with Crippen LogP contribution in [0.2, 0.25) is 0 Å². The number of halogens is 3. The molecule has 1 saturated heterocycles. The molecule has 4 N–H and O–H groups in total. The maximum atomic E-state index is 13.8. The molecule has 2 amide bonds. The van der Waals surface area contributed by atoms with Gasteiger partial charge in [-0.25, -0.2) is 0 Å². The maximum absolute atomic E-state index is 13.8. The van der Waals surface area contributed by atoms with Crippen LogP contribution in [0.15, 0.2) is 71.0 Å². The monoisotopic (exact) mass is 502 g/mol. The molecule has 0 unspecified atom stereocenters. The van der Waals surface area contributed by atoms with E-state index in [4.69, 9.17) is 20.9 Å². The van der Waals surface area contributed by atoms with Crippen molar-refractivity contribution in [1.29, 1.82) is 0 Å². The molecular weight excluding hydrogens is 477 g/mol. The van der Waals surface area contributed by atoms with Crippen molar-refractivity contribution in [3.8, 4) is 0 Å². The predicted octanol–water partition coefficient (Wildman–Crippen LogP) is 3.83. The zero-order valence-electron chi connectivity index (χ0n) is 19.3. The molecule has 1 fully saturated rings. The predicted molar refractivity (Wildman–Crippen MR) is 125 cm³/mol. The third kappa shape index (κ3) is 5.61. The molecule has 0 aromatic heterocycles. The molecule has 4 rings (SSSR count). The van der Waals surface area contributed by atoms with Crippen molar-refractivity contribution in [2.45, 2.75) is 37.8 Å². The van der Waals surface area contributed by atoms with Crippen molar-refractivity contribution >= 4 is 17.8 Å². The van der Waals surface area contributed by atoms with Crippen LogP contribution in [0.4, 0.5) is 13.2 Å². The first-order valence-electron chi connectivity index (χ1n) is 11.4. The number of rotatable bonds is 4. The molecule has 36 heavy (non-hydrogen) atoms. The largest absolute Gasteiger partial charge is 0.465 e. The first-order chi connectivity index (χ1) is 17.1. The van der Waals surface area contributed by atoms with E-state index in [-0.39, 0.29) is 35.9 Å². The second-order valence-electron chi connectivity index (χ2n) is 8.57. The lowest BCUT2D eigenvalue weighted by molar-refractivity contribution is -0.139. The van der Waals surface area contributed by atoms with E-state index in [1.807, 2.05) is 18.2 Å². The summed E-state index contributed by atoms with van der Waals surface area (Å²) in [5.74, 6) is -1.84. The number of hydrogen-bond acceptors (Lipinski definition) is 4. The molecule has 0 saturated carbocycles. The van der Waals surface area contributed by atoms with E-state index in [0.717, 1.165) is 24.5 Å². The van der Waals surface area contributed by atoms with Gasteiger partial charge in [-0.15, -0.1) is 0 Å². The summed E-state index contributed by atoms with van der Waals surface area (Å²) in [6.07, 6.45) is 6.05. The number of benzene rings is 1. The molecule has 1 aromatic carbocycles. The van der Waals surface area contributed by atoms with Gasteiger partial charge in [-0.2, -0.15) is 18.2 Å². The molecule has 3 aliphatic rings. The Labute approximate surface area is 205 Å². The zero-order chi connectivity index (χ0) is 25.9. The third-order valence-electron chi connectivity index (χ3n) is 6.17. The molecule has 0 bridgehead atoms. The SMILES string of the molecule is NC(N)=NC(=O)c1ccc(C2CCN(C(=O)C3=COC=C(C4=CC=CCC4)O3)CC2)c(C(F)(F)F)c1. The molecule has 190 valence electrons. The Morgan fingerprint density at radius 2 is 1.86 bits per heavy atom. The molecule has 1 aromatic rings. The maximum Gasteiger partial charge on any atom is 0.416 e. The van der Waals surface area contributed by atoms with Crippen molar-refractivity contribution in [3.63, 3.8) is 0 Å².